The Morgan fingerprint density at radius 1 is 1.10 bits per heavy atom. The molecule has 0 bridgehead atoms. The second-order valence-electron chi connectivity index (χ2n) is 7.36. The average Bonchev–Trinajstić information content (AvgIpc) is 3.08. The third kappa shape index (κ3) is 5.56. The zero-order valence-corrected chi connectivity index (χ0v) is 17.6. The fourth-order valence-electron chi connectivity index (χ4n) is 3.12. The number of carbonyl (C=O) groups is 1. The van der Waals surface area contributed by atoms with Gasteiger partial charge in [0.2, 0.25) is 0 Å². The van der Waals surface area contributed by atoms with Crippen LogP contribution in [0.25, 0.3) is 11.4 Å². The first-order valence-electron chi connectivity index (χ1n) is 9.97. The highest BCUT2D eigenvalue weighted by molar-refractivity contribution is 5.67. The molecule has 156 valence electrons. The Hall–Kier alpha value is -3.41. The number of hydrogen-bond acceptors (Lipinski definition) is 4. The number of aryl methyl sites for hydroxylation is 2. The van der Waals surface area contributed by atoms with Crippen molar-refractivity contribution < 1.29 is 14.6 Å². The highest BCUT2D eigenvalue weighted by Crippen LogP contribution is 2.24. The van der Waals surface area contributed by atoms with E-state index in [1.807, 2.05) is 75.6 Å². The molecule has 0 aliphatic heterocycles. The molecule has 0 aliphatic rings. The molecule has 0 saturated carbocycles. The molecule has 0 aliphatic carbocycles. The van der Waals surface area contributed by atoms with E-state index in [9.17, 15) is 4.79 Å². The summed E-state index contributed by atoms with van der Waals surface area (Å²) in [6.07, 6.45) is 6.32. The van der Waals surface area contributed by atoms with Crippen LogP contribution in [0.3, 0.4) is 0 Å². The molecule has 2 heterocycles. The van der Waals surface area contributed by atoms with E-state index in [-0.39, 0.29) is 6.42 Å². The van der Waals surface area contributed by atoms with E-state index in [4.69, 9.17) is 9.84 Å². The van der Waals surface area contributed by atoms with Gasteiger partial charge in [-0.1, -0.05) is 23.8 Å². The minimum atomic E-state index is -0.788. The number of nitrogens with zero attached hydrogens (tertiary/aromatic N) is 3. The molecule has 1 aromatic carbocycles. The first kappa shape index (κ1) is 21.3. The highest BCUT2D eigenvalue weighted by atomic mass is 16.5. The number of imidazole rings is 1. The number of rotatable bonds is 9. The van der Waals surface area contributed by atoms with Gasteiger partial charge in [0, 0.05) is 41.3 Å². The van der Waals surface area contributed by atoms with Gasteiger partial charge in [0.15, 0.2) is 0 Å². The summed E-state index contributed by atoms with van der Waals surface area (Å²) in [5, 5.41) is 8.80. The summed E-state index contributed by atoms with van der Waals surface area (Å²) in [5.74, 6) is 0.893. The van der Waals surface area contributed by atoms with Crippen LogP contribution in [0.2, 0.25) is 0 Å². The van der Waals surface area contributed by atoms with Crippen LogP contribution in [0.1, 0.15) is 36.7 Å². The van der Waals surface area contributed by atoms with Crippen LogP contribution in [0, 0.1) is 13.8 Å². The zero-order chi connectivity index (χ0) is 21.5. The van der Waals surface area contributed by atoms with Gasteiger partial charge in [0.1, 0.15) is 18.2 Å². The SMILES string of the molecule is C/C(=C\COc1ccccc1Cn1c(C)cnc1-c1ccc(C)nc1)CCC(=O)O. The van der Waals surface area contributed by atoms with Crippen molar-refractivity contribution in [1.82, 2.24) is 14.5 Å². The number of hydrogen-bond donors (Lipinski definition) is 1. The van der Waals surface area contributed by atoms with Crippen molar-refractivity contribution in [2.24, 2.45) is 0 Å². The van der Waals surface area contributed by atoms with Crippen LogP contribution in [0.4, 0.5) is 0 Å². The third-order valence-electron chi connectivity index (χ3n) is 4.93. The van der Waals surface area contributed by atoms with Gasteiger partial charge in [-0.2, -0.15) is 0 Å². The Morgan fingerprint density at radius 3 is 2.63 bits per heavy atom. The first-order chi connectivity index (χ1) is 14.4. The van der Waals surface area contributed by atoms with E-state index in [0.29, 0.717) is 19.6 Å². The molecule has 2 aromatic heterocycles. The van der Waals surface area contributed by atoms with Crippen molar-refractivity contribution in [3.8, 4) is 17.1 Å². The van der Waals surface area contributed by atoms with Crippen LogP contribution < -0.4 is 4.74 Å². The quantitative estimate of drug-likeness (QED) is 0.518. The van der Waals surface area contributed by atoms with E-state index in [0.717, 1.165) is 39.7 Å². The van der Waals surface area contributed by atoms with E-state index < -0.39 is 5.97 Å². The second-order valence-corrected chi connectivity index (χ2v) is 7.36. The molecule has 1 N–H and O–H groups in total. The summed E-state index contributed by atoms with van der Waals surface area (Å²) in [5.41, 5.74) is 5.07. The van der Waals surface area contributed by atoms with E-state index in [2.05, 4.69) is 14.5 Å². The molecule has 0 saturated heterocycles. The molecule has 3 rings (SSSR count). The summed E-state index contributed by atoms with van der Waals surface area (Å²) in [7, 11) is 0. The Balaban J connectivity index is 1.76. The molecule has 0 fully saturated rings. The van der Waals surface area contributed by atoms with Crippen molar-refractivity contribution in [1.29, 1.82) is 0 Å². The Bertz CT molecular complexity index is 1040. The third-order valence-corrected chi connectivity index (χ3v) is 4.93. The number of aliphatic carboxylic acids is 1. The van der Waals surface area contributed by atoms with Crippen LogP contribution >= 0.6 is 0 Å². The minimum Gasteiger partial charge on any atom is -0.489 e. The topological polar surface area (TPSA) is 77.2 Å². The van der Waals surface area contributed by atoms with Crippen molar-refractivity contribution in [3.05, 3.63) is 77.4 Å². The predicted molar refractivity (Wildman–Crippen MR) is 117 cm³/mol. The van der Waals surface area contributed by atoms with Gasteiger partial charge in [-0.25, -0.2) is 4.98 Å². The van der Waals surface area contributed by atoms with Crippen LogP contribution in [-0.4, -0.2) is 32.2 Å². The van der Waals surface area contributed by atoms with Gasteiger partial charge in [0.05, 0.1) is 6.54 Å². The monoisotopic (exact) mass is 405 g/mol. The molecule has 0 unspecified atom stereocenters. The molecular weight excluding hydrogens is 378 g/mol. The van der Waals surface area contributed by atoms with Crippen LogP contribution in [0.5, 0.6) is 5.75 Å². The fourth-order valence-corrected chi connectivity index (χ4v) is 3.12. The molecular formula is C24H27N3O3. The van der Waals surface area contributed by atoms with Crippen molar-refractivity contribution in [2.45, 2.75) is 40.2 Å². The number of ether oxygens (including phenoxy) is 1. The van der Waals surface area contributed by atoms with Gasteiger partial charge < -0.3 is 14.4 Å². The Labute approximate surface area is 176 Å². The maximum absolute atomic E-state index is 10.7. The summed E-state index contributed by atoms with van der Waals surface area (Å²) in [6.45, 7) is 6.96. The number of allylic oxidation sites excluding steroid dienone is 1. The maximum atomic E-state index is 10.7. The number of pyridine rings is 1. The maximum Gasteiger partial charge on any atom is 0.303 e. The molecule has 0 atom stereocenters. The van der Waals surface area contributed by atoms with E-state index >= 15 is 0 Å². The number of carboxylic acid groups (broad SMARTS) is 1. The largest absolute Gasteiger partial charge is 0.489 e. The molecule has 3 aromatic rings. The number of aromatic nitrogens is 3. The number of carboxylic acids is 1. The molecule has 0 amide bonds. The van der Waals surface area contributed by atoms with Crippen molar-refractivity contribution in [2.75, 3.05) is 6.61 Å². The van der Waals surface area contributed by atoms with Crippen LogP contribution in [-0.2, 0) is 11.3 Å². The van der Waals surface area contributed by atoms with Crippen molar-refractivity contribution in [3.63, 3.8) is 0 Å². The van der Waals surface area contributed by atoms with Gasteiger partial charge in [-0.05, 0) is 51.5 Å². The summed E-state index contributed by atoms with van der Waals surface area (Å²) < 4.78 is 8.15. The predicted octanol–water partition coefficient (Wildman–Crippen LogP) is 4.80. The standard InChI is InChI=1S/C24H27N3O3/c1-17(8-11-23(28)29)12-13-30-22-7-5-4-6-21(22)16-27-19(3)14-26-24(27)20-10-9-18(2)25-15-20/h4-7,9-10,12,14-15H,8,11,13,16H2,1-3H3,(H,28,29)/b17-12+. The lowest BCUT2D eigenvalue weighted by atomic mass is 10.1. The number of para-hydroxylation sites is 1. The molecule has 30 heavy (non-hydrogen) atoms. The highest BCUT2D eigenvalue weighted by Gasteiger charge is 2.12. The fraction of sp³-hybridized carbons (Fsp3) is 0.292. The van der Waals surface area contributed by atoms with Gasteiger partial charge in [-0.15, -0.1) is 0 Å². The van der Waals surface area contributed by atoms with Gasteiger partial charge in [0.25, 0.3) is 0 Å². The summed E-state index contributed by atoms with van der Waals surface area (Å²) in [6, 6.07) is 12.0. The molecule has 0 radical (unpaired) electrons. The lowest BCUT2D eigenvalue weighted by Crippen LogP contribution is -2.07. The number of benzene rings is 1. The zero-order valence-electron chi connectivity index (χ0n) is 17.6. The lowest BCUT2D eigenvalue weighted by Gasteiger charge is -2.14. The lowest BCUT2D eigenvalue weighted by molar-refractivity contribution is -0.136. The minimum absolute atomic E-state index is 0.134. The first-order valence-corrected chi connectivity index (χ1v) is 9.97. The molecule has 0 spiro atoms. The van der Waals surface area contributed by atoms with E-state index in [1.54, 1.807) is 0 Å². The molecule has 6 nitrogen and oxygen atoms in total. The smallest absolute Gasteiger partial charge is 0.303 e. The van der Waals surface area contributed by atoms with Gasteiger partial charge in [-0.3, -0.25) is 9.78 Å². The molecule has 6 heteroatoms. The van der Waals surface area contributed by atoms with Crippen molar-refractivity contribution >= 4 is 5.97 Å². The van der Waals surface area contributed by atoms with Gasteiger partial charge >= 0.3 is 5.97 Å². The summed E-state index contributed by atoms with van der Waals surface area (Å²) in [4.78, 5) is 19.7. The van der Waals surface area contributed by atoms with Crippen LogP contribution in [0.15, 0.2) is 60.4 Å². The Kier molecular flexibility index (Phi) is 7.01. The normalized spacial score (nSPS) is 11.5. The summed E-state index contributed by atoms with van der Waals surface area (Å²) >= 11 is 0. The average molecular weight is 405 g/mol. The van der Waals surface area contributed by atoms with E-state index in [1.165, 1.54) is 0 Å². The Morgan fingerprint density at radius 2 is 1.90 bits per heavy atom. The second kappa shape index (κ2) is 9.87.